The summed E-state index contributed by atoms with van der Waals surface area (Å²) in [5.41, 5.74) is 1.81. The summed E-state index contributed by atoms with van der Waals surface area (Å²) in [4.78, 5) is 43.9. The molecule has 0 saturated carbocycles. The summed E-state index contributed by atoms with van der Waals surface area (Å²) in [5, 5.41) is 8.05. The van der Waals surface area contributed by atoms with Crippen molar-refractivity contribution in [3.05, 3.63) is 77.4 Å². The van der Waals surface area contributed by atoms with Crippen molar-refractivity contribution in [3.63, 3.8) is 0 Å². The first-order valence-corrected chi connectivity index (χ1v) is 15.3. The number of fused-ring (bicyclic) bond motifs is 1. The minimum Gasteiger partial charge on any atom is -0.444 e. The van der Waals surface area contributed by atoms with Gasteiger partial charge in [-0.05, 0) is 94.8 Å². The minimum absolute atomic E-state index is 0.210. The fraction of sp³-hybridized carbons (Fsp3) is 0.472. The second kappa shape index (κ2) is 13.6. The van der Waals surface area contributed by atoms with E-state index in [-0.39, 0.29) is 17.7 Å². The Kier molecular flexibility index (Phi) is 10.7. The van der Waals surface area contributed by atoms with Gasteiger partial charge in [0, 0.05) is 11.2 Å². The first kappa shape index (κ1) is 33.6. The Labute approximate surface area is 257 Å². The van der Waals surface area contributed by atoms with Gasteiger partial charge in [0.1, 0.15) is 17.7 Å². The van der Waals surface area contributed by atoms with Crippen LogP contribution >= 0.6 is 0 Å². The molecule has 43 heavy (non-hydrogen) atoms. The molecular weight excluding hydrogens is 538 g/mol. The molecule has 0 aliphatic rings. The smallest absolute Gasteiger partial charge is 0.408 e. The van der Waals surface area contributed by atoms with E-state index in [1.165, 1.54) is 0 Å². The van der Waals surface area contributed by atoms with Crippen LogP contribution < -0.4 is 10.6 Å². The maximum atomic E-state index is 14.8. The van der Waals surface area contributed by atoms with Gasteiger partial charge in [-0.25, -0.2) is 4.79 Å². The van der Waals surface area contributed by atoms with Crippen LogP contribution in [-0.4, -0.2) is 40.0 Å². The topological polar surface area (TPSA) is 87.7 Å². The van der Waals surface area contributed by atoms with E-state index in [4.69, 9.17) is 4.74 Å². The fourth-order valence-electron chi connectivity index (χ4n) is 5.14. The Hall–Kier alpha value is -3.87. The Bertz CT molecular complexity index is 1460. The molecule has 7 nitrogen and oxygen atoms in total. The third kappa shape index (κ3) is 8.37. The Balaban J connectivity index is 2.16. The number of amides is 3. The molecule has 0 heterocycles. The largest absolute Gasteiger partial charge is 0.444 e. The van der Waals surface area contributed by atoms with Gasteiger partial charge in [-0.3, -0.25) is 9.59 Å². The van der Waals surface area contributed by atoms with Crippen molar-refractivity contribution in [2.75, 3.05) is 5.32 Å². The molecule has 3 aromatic carbocycles. The number of nitrogens with one attached hydrogen (secondary N) is 2. The molecule has 0 aromatic heterocycles. The zero-order chi connectivity index (χ0) is 32.1. The van der Waals surface area contributed by atoms with Gasteiger partial charge in [-0.1, -0.05) is 81.3 Å². The second-order valence-corrected chi connectivity index (χ2v) is 13.2. The lowest BCUT2D eigenvalue weighted by Gasteiger charge is -2.45. The summed E-state index contributed by atoms with van der Waals surface area (Å²) in [6, 6.07) is 17.9. The van der Waals surface area contributed by atoms with E-state index < -0.39 is 29.3 Å². The molecular formula is C36H49N3O4. The highest BCUT2D eigenvalue weighted by atomic mass is 16.6. The van der Waals surface area contributed by atoms with E-state index in [0.29, 0.717) is 18.5 Å². The normalized spacial score (nSPS) is 14.0. The molecule has 7 heteroatoms. The van der Waals surface area contributed by atoms with Gasteiger partial charge >= 0.3 is 6.09 Å². The van der Waals surface area contributed by atoms with Crippen molar-refractivity contribution in [1.29, 1.82) is 0 Å². The lowest BCUT2D eigenvalue weighted by Crippen LogP contribution is -2.60. The highest BCUT2D eigenvalue weighted by Crippen LogP contribution is 2.36. The van der Waals surface area contributed by atoms with Crippen molar-refractivity contribution in [2.45, 2.75) is 105 Å². The number of rotatable bonds is 10. The van der Waals surface area contributed by atoms with Crippen LogP contribution in [0.5, 0.6) is 0 Å². The third-order valence-electron chi connectivity index (χ3n) is 8.16. The summed E-state index contributed by atoms with van der Waals surface area (Å²) in [7, 11) is 0. The van der Waals surface area contributed by atoms with Crippen molar-refractivity contribution < 1.29 is 19.1 Å². The van der Waals surface area contributed by atoms with E-state index in [9.17, 15) is 14.4 Å². The average Bonchev–Trinajstić information content (AvgIpc) is 2.94. The zero-order valence-corrected chi connectivity index (χ0v) is 27.5. The number of alkyl carbamates (subject to hydrolysis) is 1. The zero-order valence-electron chi connectivity index (χ0n) is 27.5. The van der Waals surface area contributed by atoms with Crippen molar-refractivity contribution in [1.82, 2.24) is 10.2 Å². The monoisotopic (exact) mass is 587 g/mol. The predicted molar refractivity (Wildman–Crippen MR) is 175 cm³/mol. The number of nitrogens with zero attached hydrogens (tertiary/aromatic N) is 1. The molecule has 0 aliphatic carbocycles. The maximum absolute atomic E-state index is 14.8. The highest BCUT2D eigenvalue weighted by molar-refractivity contribution is 6.01. The molecule has 3 rings (SSSR count). The molecule has 0 spiro atoms. The summed E-state index contributed by atoms with van der Waals surface area (Å²) in [5.74, 6) is -0.858. The van der Waals surface area contributed by atoms with Crippen LogP contribution in [0.15, 0.2) is 60.7 Å². The average molecular weight is 588 g/mol. The van der Waals surface area contributed by atoms with Crippen LogP contribution in [0.3, 0.4) is 0 Å². The Morgan fingerprint density at radius 1 is 0.884 bits per heavy atom. The number of aryl methyl sites for hydroxylation is 2. The summed E-state index contributed by atoms with van der Waals surface area (Å²) < 4.78 is 5.55. The van der Waals surface area contributed by atoms with Crippen LogP contribution in [-0.2, 0) is 14.3 Å². The molecule has 3 aromatic rings. The van der Waals surface area contributed by atoms with Gasteiger partial charge in [-0.15, -0.1) is 0 Å². The molecule has 0 bridgehead atoms. The molecule has 3 unspecified atom stereocenters. The fourth-order valence-corrected chi connectivity index (χ4v) is 5.14. The summed E-state index contributed by atoms with van der Waals surface area (Å²) in [6.45, 7) is 19.1. The third-order valence-corrected chi connectivity index (χ3v) is 8.16. The van der Waals surface area contributed by atoms with Crippen molar-refractivity contribution in [2.24, 2.45) is 5.92 Å². The van der Waals surface area contributed by atoms with Crippen molar-refractivity contribution >= 4 is 34.4 Å². The minimum atomic E-state index is -0.958. The molecule has 2 N–H and O–H groups in total. The second-order valence-electron chi connectivity index (χ2n) is 13.2. The maximum Gasteiger partial charge on any atom is 0.408 e. The lowest BCUT2D eigenvalue weighted by atomic mass is 9.88. The number of ether oxygens (including phenoxy) is 1. The first-order chi connectivity index (χ1) is 20.1. The van der Waals surface area contributed by atoms with Crippen LogP contribution in [0.25, 0.3) is 10.8 Å². The van der Waals surface area contributed by atoms with Gasteiger partial charge in [0.05, 0.1) is 0 Å². The number of hydrogen-bond acceptors (Lipinski definition) is 4. The van der Waals surface area contributed by atoms with E-state index in [1.54, 1.807) is 25.7 Å². The number of carbonyl (C=O) groups is 3. The first-order valence-electron chi connectivity index (χ1n) is 15.3. The highest BCUT2D eigenvalue weighted by Gasteiger charge is 2.44. The van der Waals surface area contributed by atoms with Gasteiger partial charge in [0.25, 0.3) is 5.91 Å². The van der Waals surface area contributed by atoms with Gasteiger partial charge < -0.3 is 20.3 Å². The number of hydrogen-bond donors (Lipinski definition) is 2. The summed E-state index contributed by atoms with van der Waals surface area (Å²) in [6.07, 6.45) is 0.567. The van der Waals surface area contributed by atoms with E-state index in [2.05, 4.69) is 10.6 Å². The van der Waals surface area contributed by atoms with Gasteiger partial charge in [-0.2, -0.15) is 0 Å². The number of carbonyl (C=O) groups excluding carboxylic acids is 3. The van der Waals surface area contributed by atoms with Crippen molar-refractivity contribution in [3.8, 4) is 0 Å². The molecule has 0 aliphatic heterocycles. The Morgan fingerprint density at radius 3 is 2.14 bits per heavy atom. The number of anilines is 1. The standard InChI is InChI=1S/C36H49N3O4/c1-11-24(4)30(38-34(42)43-35(6,7)8)33(41)39(36(9,10)12-2)31(29-21-23(3)17-18-25(29)5)32(40)37-28-20-19-26-15-13-14-16-27(26)22-28/h13-22,24,30-31H,11-12H2,1-10H3,(H,37,40)(H,38,42). The molecule has 232 valence electrons. The van der Waals surface area contributed by atoms with Crippen LogP contribution in [0.1, 0.15) is 91.0 Å². The van der Waals surface area contributed by atoms with Crippen LogP contribution in [0.4, 0.5) is 10.5 Å². The SMILES string of the molecule is CCC(C)C(NC(=O)OC(C)(C)C)C(=O)N(C(C(=O)Nc1ccc2ccccc2c1)c1cc(C)ccc1C)C(C)(C)CC. The molecule has 0 fully saturated rings. The van der Waals surface area contributed by atoms with E-state index in [0.717, 1.165) is 27.5 Å². The van der Waals surface area contributed by atoms with Gasteiger partial charge in [0.15, 0.2) is 0 Å². The van der Waals surface area contributed by atoms with Gasteiger partial charge in [0.2, 0.25) is 5.91 Å². The van der Waals surface area contributed by atoms with E-state index >= 15 is 0 Å². The predicted octanol–water partition coefficient (Wildman–Crippen LogP) is 8.09. The van der Waals surface area contributed by atoms with E-state index in [1.807, 2.05) is 109 Å². The van der Waals surface area contributed by atoms with Crippen LogP contribution in [0.2, 0.25) is 0 Å². The molecule has 3 amide bonds. The summed E-state index contributed by atoms with van der Waals surface area (Å²) >= 11 is 0. The molecule has 3 atom stereocenters. The lowest BCUT2D eigenvalue weighted by molar-refractivity contribution is -0.148. The quantitative estimate of drug-likeness (QED) is 0.251. The number of benzene rings is 3. The van der Waals surface area contributed by atoms with Crippen LogP contribution in [0, 0.1) is 19.8 Å². The Morgan fingerprint density at radius 2 is 1.53 bits per heavy atom. The molecule has 0 radical (unpaired) electrons. The molecule has 0 saturated heterocycles.